The SMILES string of the molecule is CNc1nnc(-c2cc3c(N)c(C(N)=O)cnn3c2)o1. The Morgan fingerprint density at radius 3 is 2.90 bits per heavy atom. The zero-order valence-corrected chi connectivity index (χ0v) is 10.5. The van der Waals surface area contributed by atoms with Gasteiger partial charge >= 0.3 is 6.01 Å². The maximum atomic E-state index is 11.2. The van der Waals surface area contributed by atoms with Gasteiger partial charge in [0.15, 0.2) is 0 Å². The molecule has 3 heterocycles. The van der Waals surface area contributed by atoms with Gasteiger partial charge < -0.3 is 21.2 Å². The van der Waals surface area contributed by atoms with Crippen molar-refractivity contribution >= 4 is 23.1 Å². The number of nitrogens with zero attached hydrogens (tertiary/aromatic N) is 4. The number of fused-ring (bicyclic) bond motifs is 1. The van der Waals surface area contributed by atoms with E-state index >= 15 is 0 Å². The zero-order chi connectivity index (χ0) is 14.3. The van der Waals surface area contributed by atoms with Gasteiger partial charge in [-0.3, -0.25) is 4.79 Å². The van der Waals surface area contributed by atoms with Crippen molar-refractivity contribution in [1.29, 1.82) is 0 Å². The molecule has 0 aromatic carbocycles. The average Bonchev–Trinajstić information content (AvgIpc) is 3.04. The third-order valence-corrected chi connectivity index (χ3v) is 2.83. The number of carbonyl (C=O) groups excluding carboxylic acids is 1. The van der Waals surface area contributed by atoms with Gasteiger partial charge in [0.25, 0.3) is 11.8 Å². The molecule has 3 aromatic rings. The first kappa shape index (κ1) is 12.0. The number of amides is 1. The van der Waals surface area contributed by atoms with E-state index in [0.717, 1.165) is 0 Å². The summed E-state index contributed by atoms with van der Waals surface area (Å²) < 4.78 is 6.87. The molecule has 0 fully saturated rings. The molecular formula is C11H11N7O2. The summed E-state index contributed by atoms with van der Waals surface area (Å²) in [5, 5.41) is 14.5. The quantitative estimate of drug-likeness (QED) is 0.615. The summed E-state index contributed by atoms with van der Waals surface area (Å²) >= 11 is 0. The van der Waals surface area contributed by atoms with Crippen LogP contribution in [0.4, 0.5) is 11.7 Å². The molecule has 0 saturated heterocycles. The minimum atomic E-state index is -0.629. The first-order chi connectivity index (χ1) is 9.60. The topological polar surface area (TPSA) is 137 Å². The van der Waals surface area contributed by atoms with Crippen LogP contribution in [0.15, 0.2) is 22.9 Å². The molecule has 0 bridgehead atoms. The predicted molar refractivity (Wildman–Crippen MR) is 71.0 cm³/mol. The Morgan fingerprint density at radius 1 is 1.45 bits per heavy atom. The lowest BCUT2D eigenvalue weighted by Gasteiger charge is -2.02. The van der Waals surface area contributed by atoms with Crippen molar-refractivity contribution in [3.8, 4) is 11.5 Å². The van der Waals surface area contributed by atoms with E-state index in [0.29, 0.717) is 23.0 Å². The van der Waals surface area contributed by atoms with Gasteiger partial charge in [0, 0.05) is 13.2 Å². The number of nitrogens with one attached hydrogen (secondary N) is 1. The molecule has 102 valence electrons. The minimum Gasteiger partial charge on any atom is -0.403 e. The molecule has 0 aliphatic rings. The van der Waals surface area contributed by atoms with Gasteiger partial charge in [0.2, 0.25) is 0 Å². The van der Waals surface area contributed by atoms with Gasteiger partial charge in [-0.25, -0.2) is 4.52 Å². The van der Waals surface area contributed by atoms with E-state index in [1.54, 1.807) is 19.3 Å². The molecule has 0 aliphatic carbocycles. The van der Waals surface area contributed by atoms with Crippen molar-refractivity contribution in [3.05, 3.63) is 24.0 Å². The van der Waals surface area contributed by atoms with Gasteiger partial charge in [-0.05, 0) is 6.07 Å². The first-order valence-electron chi connectivity index (χ1n) is 5.68. The summed E-state index contributed by atoms with van der Waals surface area (Å²) in [5.41, 5.74) is 12.7. The van der Waals surface area contributed by atoms with Gasteiger partial charge in [-0.15, -0.1) is 5.10 Å². The van der Waals surface area contributed by atoms with Gasteiger partial charge in [0.05, 0.1) is 28.5 Å². The highest BCUT2D eigenvalue weighted by molar-refractivity contribution is 6.01. The second-order valence-electron chi connectivity index (χ2n) is 4.06. The fourth-order valence-corrected chi connectivity index (χ4v) is 1.83. The molecule has 0 unspecified atom stereocenters. The Morgan fingerprint density at radius 2 is 2.25 bits per heavy atom. The predicted octanol–water partition coefficient (Wildman–Crippen LogP) is 0.107. The largest absolute Gasteiger partial charge is 0.403 e. The second-order valence-corrected chi connectivity index (χ2v) is 4.06. The lowest BCUT2D eigenvalue weighted by molar-refractivity contribution is 0.100. The Kier molecular flexibility index (Phi) is 2.53. The molecule has 0 saturated carbocycles. The molecule has 3 rings (SSSR count). The Labute approximate surface area is 112 Å². The fourth-order valence-electron chi connectivity index (χ4n) is 1.83. The number of hydrogen-bond acceptors (Lipinski definition) is 7. The van der Waals surface area contributed by atoms with Crippen LogP contribution in [0.2, 0.25) is 0 Å². The molecular weight excluding hydrogens is 262 g/mol. The number of primary amides is 1. The molecule has 0 radical (unpaired) electrons. The van der Waals surface area contributed by atoms with Crippen LogP contribution in [-0.2, 0) is 0 Å². The summed E-state index contributed by atoms with van der Waals surface area (Å²) in [6.07, 6.45) is 2.99. The van der Waals surface area contributed by atoms with Crippen molar-refractivity contribution in [2.75, 3.05) is 18.1 Å². The van der Waals surface area contributed by atoms with Gasteiger partial charge in [-0.1, -0.05) is 5.10 Å². The standard InChI is InChI=1S/C11H11N7O2/c1-14-11-17-16-10(20-11)5-2-7-8(12)6(9(13)19)3-15-18(7)4-5/h2-4H,12H2,1H3,(H2,13,19)(H,14,17). The molecule has 0 atom stereocenters. The maximum Gasteiger partial charge on any atom is 0.315 e. The van der Waals surface area contributed by atoms with E-state index in [1.165, 1.54) is 10.7 Å². The summed E-state index contributed by atoms with van der Waals surface area (Å²) in [7, 11) is 1.67. The number of anilines is 2. The highest BCUT2D eigenvalue weighted by Gasteiger charge is 2.15. The van der Waals surface area contributed by atoms with E-state index in [1.807, 2.05) is 0 Å². The number of carbonyl (C=O) groups is 1. The monoisotopic (exact) mass is 273 g/mol. The van der Waals surface area contributed by atoms with Crippen LogP contribution in [0.5, 0.6) is 0 Å². The molecule has 5 N–H and O–H groups in total. The van der Waals surface area contributed by atoms with E-state index < -0.39 is 5.91 Å². The highest BCUT2D eigenvalue weighted by Crippen LogP contribution is 2.26. The normalized spacial score (nSPS) is 10.8. The Balaban J connectivity index is 2.15. The molecule has 1 amide bonds. The Bertz CT molecular complexity index is 804. The number of rotatable bonds is 3. The van der Waals surface area contributed by atoms with Crippen LogP contribution >= 0.6 is 0 Å². The van der Waals surface area contributed by atoms with Crippen LogP contribution in [0.25, 0.3) is 17.0 Å². The first-order valence-corrected chi connectivity index (χ1v) is 5.68. The van der Waals surface area contributed by atoms with Crippen LogP contribution in [0, 0.1) is 0 Å². The molecule has 20 heavy (non-hydrogen) atoms. The van der Waals surface area contributed by atoms with Crippen LogP contribution in [0.3, 0.4) is 0 Å². The summed E-state index contributed by atoms with van der Waals surface area (Å²) in [4.78, 5) is 11.2. The number of hydrogen-bond donors (Lipinski definition) is 3. The van der Waals surface area contributed by atoms with Crippen LogP contribution in [0.1, 0.15) is 10.4 Å². The van der Waals surface area contributed by atoms with Crippen LogP contribution < -0.4 is 16.8 Å². The van der Waals surface area contributed by atoms with Crippen molar-refractivity contribution in [2.45, 2.75) is 0 Å². The van der Waals surface area contributed by atoms with Gasteiger partial charge in [0.1, 0.15) is 0 Å². The Hall–Kier alpha value is -3.10. The highest BCUT2D eigenvalue weighted by atomic mass is 16.4. The number of nitrogens with two attached hydrogens (primary N) is 2. The molecule has 9 nitrogen and oxygen atoms in total. The molecule has 3 aromatic heterocycles. The zero-order valence-electron chi connectivity index (χ0n) is 10.5. The van der Waals surface area contributed by atoms with Crippen molar-refractivity contribution < 1.29 is 9.21 Å². The van der Waals surface area contributed by atoms with Crippen LogP contribution in [-0.4, -0.2) is 32.8 Å². The maximum absolute atomic E-state index is 11.2. The summed E-state index contributed by atoms with van der Waals surface area (Å²) in [6.45, 7) is 0. The molecule has 0 spiro atoms. The van der Waals surface area contributed by atoms with Gasteiger partial charge in [-0.2, -0.15) is 5.10 Å². The van der Waals surface area contributed by atoms with Crippen molar-refractivity contribution in [2.24, 2.45) is 5.73 Å². The number of aromatic nitrogens is 4. The van der Waals surface area contributed by atoms with E-state index in [-0.39, 0.29) is 11.3 Å². The number of nitrogen functional groups attached to an aromatic ring is 1. The van der Waals surface area contributed by atoms with Crippen molar-refractivity contribution in [1.82, 2.24) is 19.8 Å². The average molecular weight is 273 g/mol. The smallest absolute Gasteiger partial charge is 0.315 e. The van der Waals surface area contributed by atoms with E-state index in [2.05, 4.69) is 20.6 Å². The molecule has 9 heteroatoms. The lowest BCUT2D eigenvalue weighted by atomic mass is 10.2. The minimum absolute atomic E-state index is 0.170. The third kappa shape index (κ3) is 1.72. The van der Waals surface area contributed by atoms with E-state index in [4.69, 9.17) is 15.9 Å². The summed E-state index contributed by atoms with van der Waals surface area (Å²) in [6, 6.07) is 2.00. The third-order valence-electron chi connectivity index (χ3n) is 2.83. The second kappa shape index (κ2) is 4.23. The van der Waals surface area contributed by atoms with Crippen molar-refractivity contribution in [3.63, 3.8) is 0 Å². The molecule has 0 aliphatic heterocycles. The lowest BCUT2D eigenvalue weighted by Crippen LogP contribution is -2.15. The summed E-state index contributed by atoms with van der Waals surface area (Å²) in [5.74, 6) is -0.310. The van der Waals surface area contributed by atoms with E-state index in [9.17, 15) is 4.79 Å². The fraction of sp³-hybridized carbons (Fsp3) is 0.0909.